The van der Waals surface area contributed by atoms with E-state index < -0.39 is 0 Å². The molecule has 2 amide bonds. The highest BCUT2D eigenvalue weighted by Gasteiger charge is 2.32. The molecular weight excluding hydrogens is 172 g/mol. The van der Waals surface area contributed by atoms with Crippen LogP contribution in [0.15, 0.2) is 0 Å². The van der Waals surface area contributed by atoms with Crippen LogP contribution >= 0.6 is 11.8 Å². The zero-order valence-electron chi connectivity index (χ0n) is 7.83. The number of carbonyl (C=O) groups is 1. The summed E-state index contributed by atoms with van der Waals surface area (Å²) in [5.41, 5.74) is 0. The van der Waals surface area contributed by atoms with Gasteiger partial charge in [0.2, 0.25) is 0 Å². The highest BCUT2D eigenvalue weighted by molar-refractivity contribution is 8.00. The monoisotopic (exact) mass is 188 g/mol. The fraction of sp³-hybridized carbons (Fsp3) is 0.875. The van der Waals surface area contributed by atoms with Crippen LogP contribution in [-0.4, -0.2) is 35.1 Å². The lowest BCUT2D eigenvalue weighted by Crippen LogP contribution is -2.44. The second-order valence-electron chi connectivity index (χ2n) is 2.96. The summed E-state index contributed by atoms with van der Waals surface area (Å²) in [6, 6.07) is 0.476. The van der Waals surface area contributed by atoms with Crippen molar-refractivity contribution in [3.05, 3.63) is 0 Å². The van der Waals surface area contributed by atoms with E-state index in [0.717, 1.165) is 12.2 Å². The van der Waals surface area contributed by atoms with Crippen LogP contribution in [0.5, 0.6) is 0 Å². The van der Waals surface area contributed by atoms with Gasteiger partial charge in [-0.15, -0.1) is 11.8 Å². The van der Waals surface area contributed by atoms with E-state index in [1.54, 1.807) is 7.05 Å². The minimum atomic E-state index is 0.0550. The first-order chi connectivity index (χ1) is 5.70. The molecule has 1 rings (SSSR count). The molecule has 2 unspecified atom stereocenters. The van der Waals surface area contributed by atoms with Gasteiger partial charge in [-0.2, -0.15) is 0 Å². The zero-order chi connectivity index (χ0) is 9.14. The van der Waals surface area contributed by atoms with E-state index in [2.05, 4.69) is 19.2 Å². The Morgan fingerprint density at radius 3 is 2.92 bits per heavy atom. The highest BCUT2D eigenvalue weighted by Crippen LogP contribution is 2.29. The van der Waals surface area contributed by atoms with Crippen molar-refractivity contribution in [2.75, 3.05) is 12.8 Å². The number of amides is 2. The third kappa shape index (κ3) is 1.68. The Hall–Kier alpha value is -0.380. The summed E-state index contributed by atoms with van der Waals surface area (Å²) in [6.45, 7) is 4.20. The largest absolute Gasteiger partial charge is 0.341 e. The van der Waals surface area contributed by atoms with Crippen LogP contribution in [-0.2, 0) is 0 Å². The molecule has 1 N–H and O–H groups in total. The van der Waals surface area contributed by atoms with Crippen LogP contribution in [0.3, 0.4) is 0 Å². The van der Waals surface area contributed by atoms with Crippen LogP contribution in [0, 0.1) is 0 Å². The fourth-order valence-corrected chi connectivity index (χ4v) is 2.81. The average Bonchev–Trinajstić information content (AvgIpc) is 2.45. The lowest BCUT2D eigenvalue weighted by molar-refractivity contribution is 0.183. The molecule has 1 heterocycles. The molecule has 0 bridgehead atoms. The molecule has 1 saturated heterocycles. The van der Waals surface area contributed by atoms with Gasteiger partial charge in [-0.25, -0.2) is 4.79 Å². The molecule has 0 radical (unpaired) electrons. The van der Waals surface area contributed by atoms with Crippen LogP contribution in [0.2, 0.25) is 0 Å². The summed E-state index contributed by atoms with van der Waals surface area (Å²) in [4.78, 5) is 13.3. The Kier molecular flexibility index (Phi) is 3.26. The number of hydrogen-bond acceptors (Lipinski definition) is 2. The van der Waals surface area contributed by atoms with Gasteiger partial charge in [0.1, 0.15) is 0 Å². The van der Waals surface area contributed by atoms with Crippen LogP contribution in [0.25, 0.3) is 0 Å². The Morgan fingerprint density at radius 2 is 2.42 bits per heavy atom. The Balaban J connectivity index is 2.63. The van der Waals surface area contributed by atoms with E-state index in [4.69, 9.17) is 0 Å². The standard InChI is InChI=1S/C8H16N2OS/c1-4-7-5-12-6(2)10(7)8(11)9-3/h6-7H,4-5H2,1-3H3,(H,9,11). The molecule has 3 nitrogen and oxygen atoms in total. The van der Waals surface area contributed by atoms with E-state index in [1.165, 1.54) is 0 Å². The molecule has 1 aliphatic rings. The molecule has 0 saturated carbocycles. The van der Waals surface area contributed by atoms with Crippen molar-refractivity contribution in [1.82, 2.24) is 10.2 Å². The van der Waals surface area contributed by atoms with Gasteiger partial charge >= 0.3 is 6.03 Å². The molecule has 2 atom stereocenters. The average molecular weight is 188 g/mol. The second kappa shape index (κ2) is 4.03. The number of urea groups is 1. The van der Waals surface area contributed by atoms with Crippen molar-refractivity contribution in [1.29, 1.82) is 0 Å². The normalized spacial score (nSPS) is 29.1. The van der Waals surface area contributed by atoms with Gasteiger partial charge in [-0.3, -0.25) is 0 Å². The molecule has 12 heavy (non-hydrogen) atoms. The predicted octanol–water partition coefficient (Wildman–Crippen LogP) is 1.50. The number of thioether (sulfide) groups is 1. The van der Waals surface area contributed by atoms with Crippen molar-refractivity contribution in [2.24, 2.45) is 0 Å². The van der Waals surface area contributed by atoms with Gasteiger partial charge < -0.3 is 10.2 Å². The topological polar surface area (TPSA) is 32.3 Å². The van der Waals surface area contributed by atoms with Crippen molar-refractivity contribution >= 4 is 17.8 Å². The maximum Gasteiger partial charge on any atom is 0.318 e. The summed E-state index contributed by atoms with van der Waals surface area (Å²) in [5, 5.41) is 3.00. The molecule has 1 fully saturated rings. The molecule has 70 valence electrons. The minimum Gasteiger partial charge on any atom is -0.341 e. The quantitative estimate of drug-likeness (QED) is 0.676. The molecule has 0 spiro atoms. The van der Waals surface area contributed by atoms with Gasteiger partial charge in [-0.1, -0.05) is 6.92 Å². The molecule has 4 heteroatoms. The summed E-state index contributed by atoms with van der Waals surface area (Å²) in [5.74, 6) is 1.07. The van der Waals surface area contributed by atoms with Crippen LogP contribution in [0.4, 0.5) is 4.79 Å². The molecule has 0 aromatic heterocycles. The van der Waals surface area contributed by atoms with E-state index in [9.17, 15) is 4.79 Å². The van der Waals surface area contributed by atoms with Crippen molar-refractivity contribution in [3.63, 3.8) is 0 Å². The van der Waals surface area contributed by atoms with Gasteiger partial charge in [0.25, 0.3) is 0 Å². The van der Waals surface area contributed by atoms with Crippen molar-refractivity contribution in [2.45, 2.75) is 31.7 Å². The highest BCUT2D eigenvalue weighted by atomic mass is 32.2. The first-order valence-electron chi connectivity index (χ1n) is 4.32. The van der Waals surface area contributed by atoms with E-state index in [1.807, 2.05) is 16.7 Å². The van der Waals surface area contributed by atoms with Gasteiger partial charge in [-0.05, 0) is 13.3 Å². The van der Waals surface area contributed by atoms with Crippen molar-refractivity contribution in [3.8, 4) is 0 Å². The van der Waals surface area contributed by atoms with Crippen molar-refractivity contribution < 1.29 is 4.79 Å². The SMILES string of the molecule is CCC1CSC(C)N1C(=O)NC. The van der Waals surface area contributed by atoms with Gasteiger partial charge in [0, 0.05) is 18.8 Å². The summed E-state index contributed by atoms with van der Waals surface area (Å²) in [6.07, 6.45) is 1.05. The summed E-state index contributed by atoms with van der Waals surface area (Å²) in [7, 11) is 1.69. The van der Waals surface area contributed by atoms with Gasteiger partial charge in [0.05, 0.1) is 5.37 Å². The maximum atomic E-state index is 11.4. The zero-order valence-corrected chi connectivity index (χ0v) is 8.65. The Morgan fingerprint density at radius 1 is 1.75 bits per heavy atom. The molecular formula is C8H16N2OS. The third-order valence-electron chi connectivity index (χ3n) is 2.23. The van der Waals surface area contributed by atoms with Gasteiger partial charge in [0.15, 0.2) is 0 Å². The number of carbonyl (C=O) groups excluding carboxylic acids is 1. The summed E-state index contributed by atoms with van der Waals surface area (Å²) < 4.78 is 0. The molecule has 1 aliphatic heterocycles. The first kappa shape index (κ1) is 9.71. The van der Waals surface area contributed by atoms with Crippen LogP contribution in [0.1, 0.15) is 20.3 Å². The number of hydrogen-bond donors (Lipinski definition) is 1. The lowest BCUT2D eigenvalue weighted by atomic mass is 10.2. The number of rotatable bonds is 1. The molecule has 0 aromatic carbocycles. The summed E-state index contributed by atoms with van der Waals surface area (Å²) >= 11 is 1.85. The van der Waals surface area contributed by atoms with E-state index >= 15 is 0 Å². The fourth-order valence-electron chi connectivity index (χ4n) is 1.48. The predicted molar refractivity (Wildman–Crippen MR) is 52.3 cm³/mol. The number of nitrogens with one attached hydrogen (secondary N) is 1. The van der Waals surface area contributed by atoms with E-state index in [-0.39, 0.29) is 6.03 Å². The maximum absolute atomic E-state index is 11.4. The smallest absolute Gasteiger partial charge is 0.318 e. The first-order valence-corrected chi connectivity index (χ1v) is 5.37. The third-order valence-corrected chi connectivity index (χ3v) is 3.52. The van der Waals surface area contributed by atoms with E-state index in [0.29, 0.717) is 11.4 Å². The molecule has 0 aliphatic carbocycles. The second-order valence-corrected chi connectivity index (χ2v) is 4.31. The van der Waals surface area contributed by atoms with Crippen LogP contribution < -0.4 is 5.32 Å². The number of nitrogens with zero attached hydrogens (tertiary/aromatic N) is 1. The minimum absolute atomic E-state index is 0.0550. The molecule has 0 aromatic rings. The Bertz CT molecular complexity index is 174. The lowest BCUT2D eigenvalue weighted by Gasteiger charge is -2.26. The Labute approximate surface area is 77.9 Å².